The Labute approximate surface area is 135 Å². The largest absolute Gasteiger partial charge is 0.369 e. The molecule has 0 aliphatic carbocycles. The second-order valence-corrected chi connectivity index (χ2v) is 5.84. The molecule has 23 heavy (non-hydrogen) atoms. The number of carbonyl (C=O) groups excluding carboxylic acids is 1. The Morgan fingerprint density at radius 3 is 2.87 bits per heavy atom. The molecule has 1 amide bonds. The van der Waals surface area contributed by atoms with Gasteiger partial charge in [0.2, 0.25) is 5.91 Å². The summed E-state index contributed by atoms with van der Waals surface area (Å²) in [5, 5.41) is 4.42. The minimum Gasteiger partial charge on any atom is -0.369 e. The number of guanidine groups is 1. The van der Waals surface area contributed by atoms with Crippen molar-refractivity contribution in [3.63, 3.8) is 0 Å². The monoisotopic (exact) mass is 311 g/mol. The van der Waals surface area contributed by atoms with Gasteiger partial charge in [-0.3, -0.25) is 9.69 Å². The highest BCUT2D eigenvalue weighted by atomic mass is 16.2. The van der Waals surface area contributed by atoms with Crippen molar-refractivity contribution < 1.29 is 4.79 Å². The van der Waals surface area contributed by atoms with Crippen molar-refractivity contribution in [2.45, 2.75) is 32.2 Å². The molecule has 0 bridgehead atoms. The number of aromatic nitrogens is 2. The van der Waals surface area contributed by atoms with Gasteiger partial charge in [0.1, 0.15) is 0 Å². The van der Waals surface area contributed by atoms with Crippen molar-refractivity contribution in [1.82, 2.24) is 14.7 Å². The van der Waals surface area contributed by atoms with Gasteiger partial charge >= 0.3 is 0 Å². The number of hydrogen-bond donors (Lipinski definition) is 1. The summed E-state index contributed by atoms with van der Waals surface area (Å²) in [6.45, 7) is 4.02. The highest BCUT2D eigenvalue weighted by Gasteiger charge is 2.35. The first-order valence-corrected chi connectivity index (χ1v) is 7.76. The molecule has 1 aliphatic rings. The van der Waals surface area contributed by atoms with Gasteiger partial charge in [-0.15, -0.1) is 0 Å². The fourth-order valence-corrected chi connectivity index (χ4v) is 2.88. The minimum absolute atomic E-state index is 0.0492. The molecule has 120 valence electrons. The van der Waals surface area contributed by atoms with E-state index in [1.165, 1.54) is 10.5 Å². The Balaban J connectivity index is 1.94. The number of benzene rings is 1. The second kappa shape index (κ2) is 5.87. The van der Waals surface area contributed by atoms with Gasteiger partial charge in [0.05, 0.1) is 23.8 Å². The average molecular weight is 311 g/mol. The summed E-state index contributed by atoms with van der Waals surface area (Å²) in [5.41, 5.74) is 8.85. The lowest BCUT2D eigenvalue weighted by molar-refractivity contribution is -0.129. The van der Waals surface area contributed by atoms with E-state index in [0.717, 1.165) is 17.7 Å². The highest BCUT2D eigenvalue weighted by molar-refractivity contribution is 6.01. The van der Waals surface area contributed by atoms with Crippen LogP contribution < -0.4 is 5.73 Å². The third-order valence-corrected chi connectivity index (χ3v) is 4.30. The molecule has 2 atom stereocenters. The SMILES string of the molecule is CCc1cccc(-n2cc(C3C(=O)N(C)C(N)=N[C@H]3C)cn2)c1. The van der Waals surface area contributed by atoms with Gasteiger partial charge in [0.15, 0.2) is 5.96 Å². The Morgan fingerprint density at radius 2 is 2.13 bits per heavy atom. The molecule has 0 saturated heterocycles. The maximum Gasteiger partial charge on any atom is 0.238 e. The normalized spacial score (nSPS) is 21.4. The molecule has 0 fully saturated rings. The zero-order chi connectivity index (χ0) is 16.6. The van der Waals surface area contributed by atoms with E-state index in [0.29, 0.717) is 0 Å². The first kappa shape index (κ1) is 15.3. The van der Waals surface area contributed by atoms with Gasteiger partial charge in [0, 0.05) is 18.8 Å². The summed E-state index contributed by atoms with van der Waals surface area (Å²) < 4.78 is 1.80. The molecule has 1 unspecified atom stereocenters. The Kier molecular flexibility index (Phi) is 3.90. The van der Waals surface area contributed by atoms with Crippen LogP contribution in [-0.4, -0.2) is 39.6 Å². The second-order valence-electron chi connectivity index (χ2n) is 5.84. The molecule has 6 heteroatoms. The number of aryl methyl sites for hydroxylation is 1. The fraction of sp³-hybridized carbons (Fsp3) is 0.353. The standard InChI is InChI=1S/C17H21N5O/c1-4-12-6-5-7-14(8-12)22-10-13(9-19-22)15-11(2)20-17(18)21(3)16(15)23/h5-11,15H,4H2,1-3H3,(H2,18,20)/t11-,15?/m0/s1. The van der Waals surface area contributed by atoms with Gasteiger partial charge in [-0.2, -0.15) is 5.10 Å². The van der Waals surface area contributed by atoms with E-state index in [1.54, 1.807) is 17.9 Å². The van der Waals surface area contributed by atoms with E-state index in [4.69, 9.17) is 5.73 Å². The zero-order valence-corrected chi connectivity index (χ0v) is 13.6. The lowest BCUT2D eigenvalue weighted by Gasteiger charge is -2.30. The van der Waals surface area contributed by atoms with Crippen LogP contribution in [0.3, 0.4) is 0 Å². The topological polar surface area (TPSA) is 76.5 Å². The number of aliphatic imine (C=N–C) groups is 1. The van der Waals surface area contributed by atoms with Crippen LogP contribution in [0, 0.1) is 0 Å². The van der Waals surface area contributed by atoms with Gasteiger partial charge in [-0.05, 0) is 31.0 Å². The molecule has 1 aliphatic heterocycles. The quantitative estimate of drug-likeness (QED) is 0.937. The van der Waals surface area contributed by atoms with Crippen molar-refractivity contribution >= 4 is 11.9 Å². The molecule has 0 spiro atoms. The third-order valence-electron chi connectivity index (χ3n) is 4.30. The molecule has 2 heterocycles. The van der Waals surface area contributed by atoms with Gasteiger partial charge in [0.25, 0.3) is 0 Å². The van der Waals surface area contributed by atoms with E-state index in [9.17, 15) is 4.79 Å². The number of carbonyl (C=O) groups is 1. The summed E-state index contributed by atoms with van der Waals surface area (Å²) in [7, 11) is 1.65. The minimum atomic E-state index is -0.351. The maximum atomic E-state index is 12.5. The number of rotatable bonds is 3. The van der Waals surface area contributed by atoms with Crippen molar-refractivity contribution in [2.75, 3.05) is 7.05 Å². The Bertz CT molecular complexity index is 764. The molecular weight excluding hydrogens is 290 g/mol. The lowest BCUT2D eigenvalue weighted by Crippen LogP contribution is -2.48. The van der Waals surface area contributed by atoms with Crippen LogP contribution in [0.5, 0.6) is 0 Å². The number of nitrogens with two attached hydrogens (primary N) is 1. The van der Waals surface area contributed by atoms with E-state index >= 15 is 0 Å². The first-order valence-electron chi connectivity index (χ1n) is 7.76. The zero-order valence-electron chi connectivity index (χ0n) is 13.6. The molecule has 1 aromatic carbocycles. The highest BCUT2D eigenvalue weighted by Crippen LogP contribution is 2.27. The summed E-state index contributed by atoms with van der Waals surface area (Å²) >= 11 is 0. The number of nitrogens with zero attached hydrogens (tertiary/aromatic N) is 4. The summed E-state index contributed by atoms with van der Waals surface area (Å²) in [6, 6.07) is 8.02. The Hall–Kier alpha value is -2.63. The molecule has 3 rings (SSSR count). The Morgan fingerprint density at radius 1 is 1.35 bits per heavy atom. The third kappa shape index (κ3) is 2.72. The van der Waals surface area contributed by atoms with Crippen molar-refractivity contribution in [3.05, 3.63) is 47.8 Å². The number of likely N-dealkylation sites (N-methyl/N-ethyl adjacent to an activating group) is 1. The molecule has 1 aromatic heterocycles. The first-order chi connectivity index (χ1) is 11.0. The number of amides is 1. The van der Waals surface area contributed by atoms with Gasteiger partial charge < -0.3 is 5.73 Å². The molecule has 2 aromatic rings. The van der Waals surface area contributed by atoms with Gasteiger partial charge in [-0.25, -0.2) is 9.67 Å². The van der Waals surface area contributed by atoms with Crippen LogP contribution in [0.4, 0.5) is 0 Å². The van der Waals surface area contributed by atoms with Crippen LogP contribution in [0.1, 0.15) is 30.9 Å². The summed E-state index contributed by atoms with van der Waals surface area (Å²) in [5.74, 6) is -0.135. The lowest BCUT2D eigenvalue weighted by atomic mass is 9.92. The predicted octanol–water partition coefficient (Wildman–Crippen LogP) is 1.69. The van der Waals surface area contributed by atoms with Crippen LogP contribution >= 0.6 is 0 Å². The molecular formula is C17H21N5O. The molecule has 2 N–H and O–H groups in total. The smallest absolute Gasteiger partial charge is 0.238 e. The van der Waals surface area contributed by atoms with Crippen molar-refractivity contribution in [2.24, 2.45) is 10.7 Å². The summed E-state index contributed by atoms with van der Waals surface area (Å²) in [4.78, 5) is 18.3. The molecule has 6 nitrogen and oxygen atoms in total. The average Bonchev–Trinajstić information content (AvgIpc) is 3.02. The van der Waals surface area contributed by atoms with Gasteiger partial charge in [-0.1, -0.05) is 19.1 Å². The predicted molar refractivity (Wildman–Crippen MR) is 89.5 cm³/mol. The maximum absolute atomic E-state index is 12.5. The number of hydrogen-bond acceptors (Lipinski definition) is 4. The van der Waals surface area contributed by atoms with Crippen LogP contribution in [0.25, 0.3) is 5.69 Å². The van der Waals surface area contributed by atoms with E-state index < -0.39 is 0 Å². The van der Waals surface area contributed by atoms with Crippen LogP contribution in [0.15, 0.2) is 41.7 Å². The van der Waals surface area contributed by atoms with Crippen molar-refractivity contribution in [1.29, 1.82) is 0 Å². The summed E-state index contributed by atoms with van der Waals surface area (Å²) in [6.07, 6.45) is 4.61. The molecule has 0 radical (unpaired) electrons. The fourth-order valence-electron chi connectivity index (χ4n) is 2.88. The van der Waals surface area contributed by atoms with E-state index in [-0.39, 0.29) is 23.8 Å². The van der Waals surface area contributed by atoms with E-state index in [2.05, 4.69) is 29.1 Å². The molecule has 0 saturated carbocycles. The van der Waals surface area contributed by atoms with E-state index in [1.807, 2.05) is 25.3 Å². The van der Waals surface area contributed by atoms with Crippen molar-refractivity contribution in [3.8, 4) is 5.69 Å². The van der Waals surface area contributed by atoms with Crippen LogP contribution in [0.2, 0.25) is 0 Å². The van der Waals surface area contributed by atoms with Crippen LogP contribution in [-0.2, 0) is 11.2 Å².